The molecule has 0 spiro atoms. The minimum atomic E-state index is -0.793. The summed E-state index contributed by atoms with van der Waals surface area (Å²) >= 11 is 0. The molecule has 1 amide bonds. The van der Waals surface area contributed by atoms with Crippen molar-refractivity contribution >= 4 is 17.7 Å². The fourth-order valence-electron chi connectivity index (χ4n) is 2.53. The Labute approximate surface area is 169 Å². The first-order chi connectivity index (χ1) is 14.0. The molecule has 0 aliphatic carbocycles. The van der Waals surface area contributed by atoms with Crippen LogP contribution in [0.2, 0.25) is 0 Å². The predicted molar refractivity (Wildman–Crippen MR) is 107 cm³/mol. The highest BCUT2D eigenvalue weighted by molar-refractivity contribution is 6.14. The molecular formula is C22H25NO6. The number of hydrogen-bond donors (Lipinski definition) is 1. The van der Waals surface area contributed by atoms with Crippen LogP contribution in [0, 0.1) is 0 Å². The zero-order valence-electron chi connectivity index (χ0n) is 16.6. The van der Waals surface area contributed by atoms with Gasteiger partial charge in [0.2, 0.25) is 0 Å². The number of ketones is 1. The maximum atomic E-state index is 13.1. The molecule has 154 valence electrons. The Bertz CT molecular complexity index is 877. The zero-order chi connectivity index (χ0) is 21.2. The average molecular weight is 399 g/mol. The molecule has 2 aromatic rings. The average Bonchev–Trinajstić information content (AvgIpc) is 2.74. The molecule has 0 heterocycles. The van der Waals surface area contributed by atoms with Gasteiger partial charge in [-0.25, -0.2) is 4.79 Å². The van der Waals surface area contributed by atoms with Crippen molar-refractivity contribution in [3.05, 3.63) is 59.2 Å². The highest BCUT2D eigenvalue weighted by atomic mass is 16.5. The van der Waals surface area contributed by atoms with Gasteiger partial charge in [-0.2, -0.15) is 0 Å². The number of amides is 1. The van der Waals surface area contributed by atoms with Crippen LogP contribution in [0.15, 0.2) is 42.5 Å². The fraction of sp³-hybridized carbons (Fsp3) is 0.318. The van der Waals surface area contributed by atoms with Gasteiger partial charge in [-0.1, -0.05) is 32.0 Å². The molecule has 7 nitrogen and oxygen atoms in total. The lowest BCUT2D eigenvalue weighted by Gasteiger charge is -2.14. The quantitative estimate of drug-likeness (QED) is 0.460. The second kappa shape index (κ2) is 10.8. The molecule has 0 unspecified atom stereocenters. The third-order valence-corrected chi connectivity index (χ3v) is 3.87. The van der Waals surface area contributed by atoms with Crippen molar-refractivity contribution in [3.8, 4) is 11.5 Å². The van der Waals surface area contributed by atoms with Crippen molar-refractivity contribution < 1.29 is 28.6 Å². The van der Waals surface area contributed by atoms with Crippen molar-refractivity contribution in [2.75, 3.05) is 19.8 Å². The van der Waals surface area contributed by atoms with Gasteiger partial charge in [0.05, 0.1) is 18.8 Å². The number of esters is 1. The molecule has 0 fully saturated rings. The maximum Gasteiger partial charge on any atom is 0.339 e. The predicted octanol–water partition coefficient (Wildman–Crippen LogP) is 3.14. The van der Waals surface area contributed by atoms with Gasteiger partial charge in [-0.05, 0) is 37.1 Å². The van der Waals surface area contributed by atoms with Crippen LogP contribution in [-0.4, -0.2) is 37.5 Å². The van der Waals surface area contributed by atoms with Gasteiger partial charge < -0.3 is 19.9 Å². The number of hydrogen-bond acceptors (Lipinski definition) is 6. The van der Waals surface area contributed by atoms with Gasteiger partial charge in [0.1, 0.15) is 0 Å². The summed E-state index contributed by atoms with van der Waals surface area (Å²) in [5.41, 5.74) is 5.56. The van der Waals surface area contributed by atoms with Gasteiger partial charge in [0, 0.05) is 11.1 Å². The van der Waals surface area contributed by atoms with Crippen LogP contribution < -0.4 is 15.2 Å². The van der Waals surface area contributed by atoms with Gasteiger partial charge in [-0.3, -0.25) is 9.59 Å². The van der Waals surface area contributed by atoms with Crippen LogP contribution >= 0.6 is 0 Å². The van der Waals surface area contributed by atoms with E-state index in [1.165, 1.54) is 12.1 Å². The molecule has 0 radical (unpaired) electrons. The summed E-state index contributed by atoms with van der Waals surface area (Å²) in [6.45, 7) is 4.44. The monoisotopic (exact) mass is 399 g/mol. The minimum absolute atomic E-state index is 0.0566. The molecule has 2 aromatic carbocycles. The number of benzene rings is 2. The molecule has 0 atom stereocenters. The van der Waals surface area contributed by atoms with Crippen molar-refractivity contribution in [1.29, 1.82) is 0 Å². The highest BCUT2D eigenvalue weighted by Crippen LogP contribution is 2.30. The summed E-state index contributed by atoms with van der Waals surface area (Å²) in [5, 5.41) is 0. The van der Waals surface area contributed by atoms with Crippen LogP contribution in [0.1, 0.15) is 53.0 Å². The molecule has 2 rings (SSSR count). The fourth-order valence-corrected chi connectivity index (χ4v) is 2.53. The first-order valence-corrected chi connectivity index (χ1v) is 9.46. The standard InChI is InChI=1S/C22H25NO6/c1-3-11-27-18-10-9-15(13-19(18)28-12-4-2)21(25)16-7-5-6-8-17(16)22(26)29-14-20(23)24/h5-10,13H,3-4,11-12,14H2,1-2H3,(H2,23,24). The molecule has 29 heavy (non-hydrogen) atoms. The van der Waals surface area contributed by atoms with Crippen molar-refractivity contribution in [2.24, 2.45) is 5.73 Å². The SMILES string of the molecule is CCCOc1ccc(C(=O)c2ccccc2C(=O)OCC(N)=O)cc1OCCC. The number of carbonyl (C=O) groups excluding carboxylic acids is 3. The van der Waals surface area contributed by atoms with E-state index in [-0.39, 0.29) is 16.9 Å². The van der Waals surface area contributed by atoms with E-state index in [2.05, 4.69) is 0 Å². The second-order valence-electron chi connectivity index (χ2n) is 6.28. The summed E-state index contributed by atoms with van der Waals surface area (Å²) in [7, 11) is 0. The molecule has 0 saturated heterocycles. The van der Waals surface area contributed by atoms with Crippen LogP contribution in [0.25, 0.3) is 0 Å². The van der Waals surface area contributed by atoms with Crippen LogP contribution in [0.5, 0.6) is 11.5 Å². The van der Waals surface area contributed by atoms with Gasteiger partial charge in [0.25, 0.3) is 5.91 Å². The maximum absolute atomic E-state index is 13.1. The van der Waals surface area contributed by atoms with Gasteiger partial charge >= 0.3 is 5.97 Å². The first-order valence-electron chi connectivity index (χ1n) is 9.46. The number of carbonyl (C=O) groups is 3. The lowest BCUT2D eigenvalue weighted by molar-refractivity contribution is -0.121. The smallest absolute Gasteiger partial charge is 0.339 e. The molecule has 2 N–H and O–H groups in total. The Morgan fingerprint density at radius 2 is 1.48 bits per heavy atom. The molecule has 7 heteroatoms. The van der Waals surface area contributed by atoms with Crippen molar-refractivity contribution in [1.82, 2.24) is 0 Å². The lowest BCUT2D eigenvalue weighted by atomic mass is 9.98. The van der Waals surface area contributed by atoms with Crippen molar-refractivity contribution in [3.63, 3.8) is 0 Å². The second-order valence-corrected chi connectivity index (χ2v) is 6.28. The van der Waals surface area contributed by atoms with E-state index >= 15 is 0 Å². The molecule has 0 saturated carbocycles. The van der Waals surface area contributed by atoms with Crippen LogP contribution in [-0.2, 0) is 9.53 Å². The summed E-state index contributed by atoms with van der Waals surface area (Å²) < 4.78 is 16.3. The van der Waals surface area contributed by atoms with E-state index in [9.17, 15) is 14.4 Å². The Balaban J connectivity index is 2.34. The largest absolute Gasteiger partial charge is 0.490 e. The van der Waals surface area contributed by atoms with E-state index in [0.717, 1.165) is 12.8 Å². The number of ether oxygens (including phenoxy) is 3. The number of nitrogens with two attached hydrogens (primary N) is 1. The molecule has 0 bridgehead atoms. The summed E-state index contributed by atoms with van der Waals surface area (Å²) in [5.74, 6) is -0.911. The number of primary amides is 1. The molecule has 0 aliphatic heterocycles. The Morgan fingerprint density at radius 3 is 2.10 bits per heavy atom. The van der Waals surface area contributed by atoms with E-state index in [0.29, 0.717) is 30.3 Å². The molecule has 0 aliphatic rings. The Morgan fingerprint density at radius 1 is 0.862 bits per heavy atom. The van der Waals surface area contributed by atoms with Gasteiger partial charge in [-0.15, -0.1) is 0 Å². The van der Waals surface area contributed by atoms with E-state index in [1.807, 2.05) is 13.8 Å². The van der Waals surface area contributed by atoms with Crippen molar-refractivity contribution in [2.45, 2.75) is 26.7 Å². The Kier molecular flexibility index (Phi) is 8.21. The van der Waals surface area contributed by atoms with Gasteiger partial charge in [0.15, 0.2) is 23.9 Å². The normalized spacial score (nSPS) is 10.3. The minimum Gasteiger partial charge on any atom is -0.490 e. The zero-order valence-corrected chi connectivity index (χ0v) is 16.6. The molecular weight excluding hydrogens is 374 g/mol. The van der Waals surface area contributed by atoms with E-state index in [1.54, 1.807) is 30.3 Å². The highest BCUT2D eigenvalue weighted by Gasteiger charge is 2.21. The Hall–Kier alpha value is -3.35. The summed E-state index contributed by atoms with van der Waals surface area (Å²) in [6.07, 6.45) is 1.65. The van der Waals surface area contributed by atoms with E-state index < -0.39 is 18.5 Å². The van der Waals surface area contributed by atoms with Crippen LogP contribution in [0.4, 0.5) is 0 Å². The first kappa shape index (κ1) is 21.9. The number of rotatable bonds is 11. The molecule has 0 aromatic heterocycles. The lowest BCUT2D eigenvalue weighted by Crippen LogP contribution is -2.22. The topological polar surface area (TPSA) is 105 Å². The third-order valence-electron chi connectivity index (χ3n) is 3.87. The van der Waals surface area contributed by atoms with E-state index in [4.69, 9.17) is 19.9 Å². The summed E-state index contributed by atoms with van der Waals surface area (Å²) in [6, 6.07) is 11.1. The summed E-state index contributed by atoms with van der Waals surface area (Å²) in [4.78, 5) is 36.2. The third kappa shape index (κ3) is 6.07. The van der Waals surface area contributed by atoms with Crippen LogP contribution in [0.3, 0.4) is 0 Å².